The number of carbonyl (C=O) groups excluding carboxylic acids is 2. The fraction of sp³-hybridized carbons (Fsp3) is 0.467. The van der Waals surface area contributed by atoms with Crippen LogP contribution in [0.4, 0.5) is 10.1 Å². The Morgan fingerprint density at radius 2 is 2.27 bits per heavy atom. The van der Waals surface area contributed by atoms with Crippen LogP contribution in [0.5, 0.6) is 0 Å². The molecule has 1 heterocycles. The molecule has 0 unspecified atom stereocenters. The number of halogens is 2. The summed E-state index contributed by atoms with van der Waals surface area (Å²) in [6.07, 6.45) is 1.79. The lowest BCUT2D eigenvalue weighted by Gasteiger charge is -2.23. The highest BCUT2D eigenvalue weighted by molar-refractivity contribution is 6.39. The van der Waals surface area contributed by atoms with Crippen LogP contribution < -0.4 is 5.32 Å². The van der Waals surface area contributed by atoms with Crippen LogP contribution in [0.1, 0.15) is 19.8 Å². The van der Waals surface area contributed by atoms with E-state index in [2.05, 4.69) is 5.32 Å². The summed E-state index contributed by atoms with van der Waals surface area (Å²) in [5.41, 5.74) is -0.0732. The van der Waals surface area contributed by atoms with Crippen molar-refractivity contribution in [2.24, 2.45) is 0 Å². The molecule has 22 heavy (non-hydrogen) atoms. The number of amides is 2. The van der Waals surface area contributed by atoms with Gasteiger partial charge in [-0.15, -0.1) is 0 Å². The van der Waals surface area contributed by atoms with Crippen LogP contribution in [-0.2, 0) is 14.3 Å². The Balaban J connectivity index is 1.98. The van der Waals surface area contributed by atoms with E-state index in [-0.39, 0.29) is 16.8 Å². The third-order valence-corrected chi connectivity index (χ3v) is 3.73. The number of anilines is 1. The van der Waals surface area contributed by atoms with Crippen molar-refractivity contribution in [3.8, 4) is 0 Å². The number of ether oxygens (including phenoxy) is 1. The molecule has 0 aromatic heterocycles. The molecular formula is C15H18ClFN2O3. The molecule has 1 aliphatic rings. The predicted octanol–water partition coefficient (Wildman–Crippen LogP) is 2.45. The zero-order valence-electron chi connectivity index (χ0n) is 12.3. The molecule has 1 saturated heterocycles. The lowest BCUT2D eigenvalue weighted by Crippen LogP contribution is -2.43. The molecule has 0 spiro atoms. The molecule has 1 aromatic carbocycles. The molecule has 1 aromatic rings. The second-order valence-electron chi connectivity index (χ2n) is 5.06. The summed E-state index contributed by atoms with van der Waals surface area (Å²) in [5.74, 6) is -2.26. The highest BCUT2D eigenvalue weighted by atomic mass is 35.5. The van der Waals surface area contributed by atoms with Gasteiger partial charge in [0, 0.05) is 24.7 Å². The number of benzene rings is 1. The average molecular weight is 329 g/mol. The molecule has 1 aliphatic heterocycles. The van der Waals surface area contributed by atoms with Gasteiger partial charge in [-0.25, -0.2) is 4.39 Å². The van der Waals surface area contributed by atoms with Gasteiger partial charge in [0.05, 0.1) is 11.8 Å². The van der Waals surface area contributed by atoms with Crippen molar-refractivity contribution >= 4 is 29.1 Å². The Hall–Kier alpha value is -1.66. The summed E-state index contributed by atoms with van der Waals surface area (Å²) in [5, 5.41) is 2.49. The van der Waals surface area contributed by atoms with Crippen LogP contribution in [0.2, 0.25) is 5.02 Å². The summed E-state index contributed by atoms with van der Waals surface area (Å²) in [6, 6.07) is 3.83. The molecule has 1 atom stereocenters. The van der Waals surface area contributed by atoms with E-state index in [1.54, 1.807) is 6.92 Å². The van der Waals surface area contributed by atoms with Gasteiger partial charge < -0.3 is 15.0 Å². The Labute approximate surface area is 133 Å². The second-order valence-corrected chi connectivity index (χ2v) is 5.49. The first-order valence-corrected chi connectivity index (χ1v) is 7.56. The van der Waals surface area contributed by atoms with Crippen molar-refractivity contribution in [1.82, 2.24) is 4.90 Å². The predicted molar refractivity (Wildman–Crippen MR) is 81.3 cm³/mol. The SMILES string of the molecule is CCN(C[C@@H]1CCCO1)C(=O)C(=O)Nc1ccc(Cl)cc1F. The van der Waals surface area contributed by atoms with Crippen molar-refractivity contribution in [3.05, 3.63) is 29.0 Å². The van der Waals surface area contributed by atoms with Crippen molar-refractivity contribution in [2.45, 2.75) is 25.9 Å². The van der Waals surface area contributed by atoms with Crippen molar-refractivity contribution < 1.29 is 18.7 Å². The number of hydrogen-bond acceptors (Lipinski definition) is 3. The largest absolute Gasteiger partial charge is 0.376 e. The fourth-order valence-corrected chi connectivity index (χ4v) is 2.46. The van der Waals surface area contributed by atoms with Gasteiger partial charge in [-0.2, -0.15) is 0 Å². The number of rotatable bonds is 4. The lowest BCUT2D eigenvalue weighted by atomic mass is 10.2. The van der Waals surface area contributed by atoms with Gasteiger partial charge in [-0.05, 0) is 38.0 Å². The van der Waals surface area contributed by atoms with Gasteiger partial charge in [0.2, 0.25) is 0 Å². The quantitative estimate of drug-likeness (QED) is 0.864. The standard InChI is InChI=1S/C15H18ClFN2O3/c1-2-19(9-11-4-3-7-22-11)15(21)14(20)18-13-6-5-10(16)8-12(13)17/h5-6,8,11H,2-4,7,9H2,1H3,(H,18,20)/t11-/m0/s1. The van der Waals surface area contributed by atoms with Crippen molar-refractivity contribution in [3.63, 3.8) is 0 Å². The molecular weight excluding hydrogens is 311 g/mol. The first kappa shape index (κ1) is 16.7. The van der Waals surface area contributed by atoms with Crippen LogP contribution in [0.25, 0.3) is 0 Å². The van der Waals surface area contributed by atoms with E-state index >= 15 is 0 Å². The van der Waals surface area contributed by atoms with Crippen LogP contribution in [0, 0.1) is 5.82 Å². The number of nitrogens with one attached hydrogen (secondary N) is 1. The highest BCUT2D eigenvalue weighted by Gasteiger charge is 2.26. The maximum absolute atomic E-state index is 13.6. The van der Waals surface area contributed by atoms with E-state index in [0.29, 0.717) is 19.7 Å². The van der Waals surface area contributed by atoms with Gasteiger partial charge >= 0.3 is 11.8 Å². The van der Waals surface area contributed by atoms with E-state index in [9.17, 15) is 14.0 Å². The third-order valence-electron chi connectivity index (χ3n) is 3.49. The molecule has 0 saturated carbocycles. The first-order chi connectivity index (χ1) is 10.5. The van der Waals surface area contributed by atoms with E-state index in [0.717, 1.165) is 18.9 Å². The van der Waals surface area contributed by atoms with Crippen molar-refractivity contribution in [1.29, 1.82) is 0 Å². The lowest BCUT2D eigenvalue weighted by molar-refractivity contribution is -0.144. The molecule has 0 aliphatic carbocycles. The number of carbonyl (C=O) groups is 2. The maximum Gasteiger partial charge on any atom is 0.313 e. The van der Waals surface area contributed by atoms with Gasteiger partial charge in [-0.1, -0.05) is 11.6 Å². The van der Waals surface area contributed by atoms with Gasteiger partial charge in [0.15, 0.2) is 0 Å². The summed E-state index contributed by atoms with van der Waals surface area (Å²) in [4.78, 5) is 25.5. The minimum atomic E-state index is -0.874. The Kier molecular flexibility index (Phi) is 5.74. The van der Waals surface area contributed by atoms with Gasteiger partial charge in [0.1, 0.15) is 5.82 Å². The molecule has 7 heteroatoms. The molecule has 1 fully saturated rings. The van der Waals surface area contributed by atoms with Crippen molar-refractivity contribution in [2.75, 3.05) is 25.0 Å². The molecule has 1 N–H and O–H groups in total. The molecule has 0 bridgehead atoms. The normalized spacial score (nSPS) is 17.3. The number of hydrogen-bond donors (Lipinski definition) is 1. The highest BCUT2D eigenvalue weighted by Crippen LogP contribution is 2.19. The topological polar surface area (TPSA) is 58.6 Å². The van der Waals surface area contributed by atoms with E-state index < -0.39 is 17.6 Å². The zero-order valence-corrected chi connectivity index (χ0v) is 13.0. The third kappa shape index (κ3) is 4.18. The molecule has 120 valence electrons. The summed E-state index contributed by atoms with van der Waals surface area (Å²) in [6.45, 7) is 3.21. The Bertz CT molecular complexity index is 562. The second kappa shape index (κ2) is 7.56. The monoisotopic (exact) mass is 328 g/mol. The first-order valence-electron chi connectivity index (χ1n) is 7.18. The fourth-order valence-electron chi connectivity index (χ4n) is 2.30. The smallest absolute Gasteiger partial charge is 0.313 e. The molecule has 2 amide bonds. The summed E-state index contributed by atoms with van der Waals surface area (Å²) < 4.78 is 19.1. The van der Waals surface area contributed by atoms with E-state index in [1.807, 2.05) is 0 Å². The number of nitrogens with zero attached hydrogens (tertiary/aromatic N) is 1. The average Bonchev–Trinajstić information content (AvgIpc) is 3.00. The van der Waals surface area contributed by atoms with Crippen LogP contribution in [0.3, 0.4) is 0 Å². The maximum atomic E-state index is 13.6. The van der Waals surface area contributed by atoms with Crippen LogP contribution in [0.15, 0.2) is 18.2 Å². The Morgan fingerprint density at radius 3 is 2.86 bits per heavy atom. The molecule has 5 nitrogen and oxygen atoms in total. The van der Waals surface area contributed by atoms with Crippen LogP contribution in [-0.4, -0.2) is 42.5 Å². The minimum absolute atomic E-state index is 0.0380. The van der Waals surface area contributed by atoms with Gasteiger partial charge in [-0.3, -0.25) is 9.59 Å². The Morgan fingerprint density at radius 1 is 1.50 bits per heavy atom. The summed E-state index contributed by atoms with van der Waals surface area (Å²) >= 11 is 5.64. The van der Waals surface area contributed by atoms with E-state index in [1.165, 1.54) is 17.0 Å². The van der Waals surface area contributed by atoms with Crippen LogP contribution >= 0.6 is 11.6 Å². The molecule has 2 rings (SSSR count). The minimum Gasteiger partial charge on any atom is -0.376 e. The molecule has 0 radical (unpaired) electrons. The zero-order chi connectivity index (χ0) is 16.1. The van der Waals surface area contributed by atoms with Gasteiger partial charge in [0.25, 0.3) is 0 Å². The number of likely N-dealkylation sites (N-methyl/N-ethyl adjacent to an activating group) is 1. The summed E-state index contributed by atoms with van der Waals surface area (Å²) in [7, 11) is 0. The van der Waals surface area contributed by atoms with E-state index in [4.69, 9.17) is 16.3 Å².